The fraction of sp³-hybridized carbons (Fsp3) is 0.800. The van der Waals surface area contributed by atoms with E-state index in [0.717, 1.165) is 13.1 Å². The van der Waals surface area contributed by atoms with E-state index in [1.54, 1.807) is 19.0 Å². The van der Waals surface area contributed by atoms with E-state index in [1.807, 2.05) is 0 Å². The van der Waals surface area contributed by atoms with Gasteiger partial charge >= 0.3 is 0 Å². The Morgan fingerprint density at radius 1 is 1.44 bits per heavy atom. The highest BCUT2D eigenvalue weighted by atomic mass is 16.2. The summed E-state index contributed by atoms with van der Waals surface area (Å²) in [5.74, 6) is -0.00881. The summed E-state index contributed by atoms with van der Waals surface area (Å²) < 4.78 is 0. The van der Waals surface area contributed by atoms with Crippen LogP contribution in [0.3, 0.4) is 0 Å². The van der Waals surface area contributed by atoms with Crippen LogP contribution in [-0.4, -0.2) is 63.0 Å². The van der Waals surface area contributed by atoms with Crippen LogP contribution in [0.5, 0.6) is 0 Å². The molecule has 0 spiro atoms. The summed E-state index contributed by atoms with van der Waals surface area (Å²) in [4.78, 5) is 24.5. The molecule has 1 heterocycles. The number of hydrogen-bond acceptors (Lipinski definition) is 4. The van der Waals surface area contributed by atoms with Crippen molar-refractivity contribution in [1.29, 1.82) is 0 Å². The van der Waals surface area contributed by atoms with Gasteiger partial charge in [0, 0.05) is 46.7 Å². The van der Waals surface area contributed by atoms with Crippen molar-refractivity contribution in [1.82, 2.24) is 20.9 Å². The van der Waals surface area contributed by atoms with Gasteiger partial charge in [0.1, 0.15) is 0 Å². The first-order valence-corrected chi connectivity index (χ1v) is 5.55. The Balaban J connectivity index is 2.31. The topological polar surface area (TPSA) is 73.5 Å². The van der Waals surface area contributed by atoms with Crippen LogP contribution in [0.25, 0.3) is 0 Å². The van der Waals surface area contributed by atoms with Gasteiger partial charge in [-0.05, 0) is 0 Å². The third kappa shape index (κ3) is 3.79. The molecule has 0 radical (unpaired) electrons. The van der Waals surface area contributed by atoms with Gasteiger partial charge in [0.15, 0.2) is 0 Å². The van der Waals surface area contributed by atoms with Crippen LogP contribution in [-0.2, 0) is 9.59 Å². The normalized spacial score (nSPS) is 20.2. The molecule has 0 aliphatic carbocycles. The Labute approximate surface area is 95.8 Å². The second kappa shape index (κ2) is 6.44. The molecule has 1 fully saturated rings. The van der Waals surface area contributed by atoms with Crippen molar-refractivity contribution in [3.8, 4) is 0 Å². The molecule has 0 saturated carbocycles. The number of amides is 2. The van der Waals surface area contributed by atoms with E-state index in [4.69, 9.17) is 0 Å². The first-order chi connectivity index (χ1) is 7.65. The predicted octanol–water partition coefficient (Wildman–Crippen LogP) is -1.86. The highest BCUT2D eigenvalue weighted by Gasteiger charge is 2.23. The maximum absolute atomic E-state index is 11.9. The van der Waals surface area contributed by atoms with Crippen LogP contribution in [0.15, 0.2) is 0 Å². The Hall–Kier alpha value is -1.14. The molecule has 92 valence electrons. The number of nitrogens with zero attached hydrogens (tertiary/aromatic N) is 1. The largest absolute Gasteiger partial charge is 0.359 e. The van der Waals surface area contributed by atoms with E-state index in [2.05, 4.69) is 16.0 Å². The van der Waals surface area contributed by atoms with E-state index >= 15 is 0 Å². The smallest absolute Gasteiger partial charge is 0.240 e. The van der Waals surface area contributed by atoms with Crippen molar-refractivity contribution < 1.29 is 9.59 Å². The zero-order valence-corrected chi connectivity index (χ0v) is 9.88. The molecular formula is C10H20N4O2. The molecule has 1 saturated heterocycles. The average Bonchev–Trinajstić information content (AvgIpc) is 2.35. The zero-order chi connectivity index (χ0) is 12.0. The predicted molar refractivity (Wildman–Crippen MR) is 61.0 cm³/mol. The van der Waals surface area contributed by atoms with E-state index in [1.165, 1.54) is 0 Å². The van der Waals surface area contributed by atoms with E-state index < -0.39 is 0 Å². The van der Waals surface area contributed by atoms with Gasteiger partial charge in [-0.25, -0.2) is 0 Å². The molecule has 16 heavy (non-hydrogen) atoms. The highest BCUT2D eigenvalue weighted by Crippen LogP contribution is 1.96. The van der Waals surface area contributed by atoms with Crippen molar-refractivity contribution in [2.24, 2.45) is 0 Å². The minimum Gasteiger partial charge on any atom is -0.359 e. The maximum atomic E-state index is 11.9. The lowest BCUT2D eigenvalue weighted by atomic mass is 10.2. The van der Waals surface area contributed by atoms with Crippen molar-refractivity contribution in [2.45, 2.75) is 12.5 Å². The number of likely N-dealkylation sites (N-methyl/N-ethyl adjacent to an activating group) is 1. The average molecular weight is 228 g/mol. The van der Waals surface area contributed by atoms with Gasteiger partial charge in [0.05, 0.1) is 6.04 Å². The standard InChI is InChI=1S/C10H20N4O2/c1-11-9(15)3-6-14(2)10(16)8-7-12-4-5-13-8/h8,12-13H,3-7H2,1-2H3,(H,11,15). The van der Waals surface area contributed by atoms with Crippen LogP contribution in [0.2, 0.25) is 0 Å². The highest BCUT2D eigenvalue weighted by molar-refractivity contribution is 5.83. The van der Waals surface area contributed by atoms with Gasteiger partial charge in [0.2, 0.25) is 11.8 Å². The lowest BCUT2D eigenvalue weighted by molar-refractivity contribution is -0.132. The van der Waals surface area contributed by atoms with Crippen LogP contribution >= 0.6 is 0 Å². The summed E-state index contributed by atoms with van der Waals surface area (Å²) in [6.07, 6.45) is 0.346. The third-order valence-electron chi connectivity index (χ3n) is 2.67. The maximum Gasteiger partial charge on any atom is 0.240 e. The fourth-order valence-electron chi connectivity index (χ4n) is 1.60. The Morgan fingerprint density at radius 3 is 2.75 bits per heavy atom. The Bertz CT molecular complexity index is 251. The van der Waals surface area contributed by atoms with Crippen molar-refractivity contribution in [2.75, 3.05) is 40.3 Å². The number of carbonyl (C=O) groups excluding carboxylic acids is 2. The van der Waals surface area contributed by atoms with E-state index in [-0.39, 0.29) is 17.9 Å². The lowest BCUT2D eigenvalue weighted by Crippen LogP contribution is -2.56. The molecular weight excluding hydrogens is 208 g/mol. The Kier molecular flexibility index (Phi) is 5.21. The molecule has 0 aromatic carbocycles. The number of carbonyl (C=O) groups is 2. The van der Waals surface area contributed by atoms with Gasteiger partial charge in [-0.15, -0.1) is 0 Å². The number of hydrogen-bond donors (Lipinski definition) is 3. The molecule has 0 aromatic heterocycles. The van der Waals surface area contributed by atoms with E-state index in [9.17, 15) is 9.59 Å². The monoisotopic (exact) mass is 228 g/mol. The van der Waals surface area contributed by atoms with Crippen molar-refractivity contribution in [3.63, 3.8) is 0 Å². The molecule has 6 heteroatoms. The van der Waals surface area contributed by atoms with E-state index in [0.29, 0.717) is 19.5 Å². The summed E-state index contributed by atoms with van der Waals surface area (Å²) in [7, 11) is 3.32. The number of nitrogens with one attached hydrogen (secondary N) is 3. The van der Waals surface area contributed by atoms with Crippen LogP contribution in [0.1, 0.15) is 6.42 Å². The van der Waals surface area contributed by atoms with Gasteiger partial charge < -0.3 is 20.9 Å². The molecule has 0 aromatic rings. The second-order valence-electron chi connectivity index (χ2n) is 3.89. The van der Waals surface area contributed by atoms with Gasteiger partial charge in [-0.3, -0.25) is 9.59 Å². The zero-order valence-electron chi connectivity index (χ0n) is 9.88. The minimum absolute atomic E-state index is 0.0381. The molecule has 2 amide bonds. The van der Waals surface area contributed by atoms with Gasteiger partial charge in [-0.1, -0.05) is 0 Å². The molecule has 1 unspecified atom stereocenters. The van der Waals surface area contributed by atoms with Gasteiger partial charge in [0.25, 0.3) is 0 Å². The Morgan fingerprint density at radius 2 is 2.19 bits per heavy atom. The first kappa shape index (κ1) is 12.9. The summed E-state index contributed by atoms with van der Waals surface area (Å²) in [5, 5.41) is 8.84. The lowest BCUT2D eigenvalue weighted by Gasteiger charge is -2.27. The summed E-state index contributed by atoms with van der Waals surface area (Å²) in [5.41, 5.74) is 0. The molecule has 1 aliphatic heterocycles. The number of piperazine rings is 1. The minimum atomic E-state index is -0.163. The summed E-state index contributed by atoms with van der Waals surface area (Å²) in [6.45, 7) is 2.81. The van der Waals surface area contributed by atoms with Crippen LogP contribution < -0.4 is 16.0 Å². The van der Waals surface area contributed by atoms with Crippen molar-refractivity contribution >= 4 is 11.8 Å². The molecule has 1 atom stereocenters. The van der Waals surface area contributed by atoms with Crippen LogP contribution in [0, 0.1) is 0 Å². The van der Waals surface area contributed by atoms with Crippen molar-refractivity contribution in [3.05, 3.63) is 0 Å². The molecule has 0 bridgehead atoms. The third-order valence-corrected chi connectivity index (χ3v) is 2.67. The van der Waals surface area contributed by atoms with Gasteiger partial charge in [-0.2, -0.15) is 0 Å². The van der Waals surface area contributed by atoms with Crippen LogP contribution in [0.4, 0.5) is 0 Å². The molecule has 6 nitrogen and oxygen atoms in total. The molecule has 1 aliphatic rings. The first-order valence-electron chi connectivity index (χ1n) is 5.55. The summed E-state index contributed by atoms with van der Waals surface area (Å²) in [6, 6.07) is -0.163. The fourth-order valence-corrected chi connectivity index (χ4v) is 1.60. The SMILES string of the molecule is CNC(=O)CCN(C)C(=O)C1CNCCN1. The summed E-state index contributed by atoms with van der Waals surface area (Å²) >= 11 is 0. The molecule has 3 N–H and O–H groups in total. The quantitative estimate of drug-likeness (QED) is 0.528. The second-order valence-corrected chi connectivity index (χ2v) is 3.89. The molecule has 1 rings (SSSR count). The number of rotatable bonds is 4.